The summed E-state index contributed by atoms with van der Waals surface area (Å²) in [6, 6.07) is 5.41. The first-order valence-electron chi connectivity index (χ1n) is 9.26. The monoisotopic (exact) mass is 419 g/mol. The van der Waals surface area contributed by atoms with E-state index in [-0.39, 0.29) is 25.6 Å². The number of ether oxygens (including phenoxy) is 2. The van der Waals surface area contributed by atoms with Crippen molar-refractivity contribution in [3.63, 3.8) is 0 Å². The molecule has 30 heavy (non-hydrogen) atoms. The fourth-order valence-electron chi connectivity index (χ4n) is 2.35. The van der Waals surface area contributed by atoms with Crippen LogP contribution in [0.2, 0.25) is 0 Å². The molecule has 0 aromatic heterocycles. The zero-order chi connectivity index (χ0) is 21.9. The highest BCUT2D eigenvalue weighted by Crippen LogP contribution is 2.15. The highest BCUT2D eigenvalue weighted by atomic mass is 16.7. The van der Waals surface area contributed by atoms with Gasteiger partial charge in [-0.3, -0.25) is 4.79 Å². The Morgan fingerprint density at radius 1 is 1.07 bits per heavy atom. The maximum absolute atomic E-state index is 11.8. The van der Waals surface area contributed by atoms with Crippen LogP contribution in [0.15, 0.2) is 33.7 Å². The Balaban J connectivity index is 2.12. The van der Waals surface area contributed by atoms with Crippen molar-refractivity contribution >= 4 is 29.6 Å². The van der Waals surface area contributed by atoms with Crippen molar-refractivity contribution in [3.05, 3.63) is 34.9 Å². The molecule has 2 rings (SSSR count). The molecule has 10 nitrogen and oxygen atoms in total. The molecule has 0 amide bonds. The van der Waals surface area contributed by atoms with Gasteiger partial charge in [0.1, 0.15) is 13.2 Å². The fourth-order valence-corrected chi connectivity index (χ4v) is 2.35. The molecule has 0 aliphatic carbocycles. The molecule has 10 heteroatoms. The predicted octanol–water partition coefficient (Wildman–Crippen LogP) is 2.03. The van der Waals surface area contributed by atoms with E-state index in [1.54, 1.807) is 26.8 Å². The summed E-state index contributed by atoms with van der Waals surface area (Å²) in [5, 5.41) is 11.6. The van der Waals surface area contributed by atoms with Crippen LogP contribution in [0.4, 0.5) is 0 Å². The minimum atomic E-state index is -0.503. The van der Waals surface area contributed by atoms with Crippen molar-refractivity contribution in [1.82, 2.24) is 0 Å². The molecular formula is C20H25N3O7. The van der Waals surface area contributed by atoms with Crippen molar-refractivity contribution in [1.29, 1.82) is 0 Å². The van der Waals surface area contributed by atoms with Gasteiger partial charge in [-0.2, -0.15) is 0 Å². The van der Waals surface area contributed by atoms with Gasteiger partial charge in [0.25, 0.3) is 0 Å². The van der Waals surface area contributed by atoms with Gasteiger partial charge >= 0.3 is 12.4 Å². The summed E-state index contributed by atoms with van der Waals surface area (Å²) in [5.74, 6) is -0.503. The first-order chi connectivity index (χ1) is 14.4. The molecule has 1 saturated heterocycles. The molecule has 1 aliphatic heterocycles. The first-order valence-corrected chi connectivity index (χ1v) is 9.26. The van der Waals surface area contributed by atoms with Gasteiger partial charge in [0.15, 0.2) is 0 Å². The molecule has 0 saturated carbocycles. The SMILES string of the molecule is CO/N=C(\C)c1cc(/C(C)=N\OC(=O)CCOCC2CO2)cc(/C(C)=N/OC=O)c1. The van der Waals surface area contributed by atoms with Crippen LogP contribution in [0.5, 0.6) is 0 Å². The molecule has 1 heterocycles. The van der Waals surface area contributed by atoms with Gasteiger partial charge in [0, 0.05) is 16.7 Å². The maximum Gasteiger partial charge on any atom is 0.337 e. The molecule has 1 aromatic rings. The molecular weight excluding hydrogens is 394 g/mol. The second-order valence-corrected chi connectivity index (χ2v) is 6.46. The van der Waals surface area contributed by atoms with Crippen LogP contribution in [0.3, 0.4) is 0 Å². The van der Waals surface area contributed by atoms with Crippen molar-refractivity contribution in [2.45, 2.75) is 33.3 Å². The second-order valence-electron chi connectivity index (χ2n) is 6.46. The topological polar surface area (TPSA) is 121 Å². The maximum atomic E-state index is 11.8. The largest absolute Gasteiger partial charge is 0.399 e. The van der Waals surface area contributed by atoms with Gasteiger partial charge in [0.05, 0.1) is 43.4 Å². The molecule has 1 atom stereocenters. The molecule has 1 fully saturated rings. The number of benzene rings is 1. The third-order valence-corrected chi connectivity index (χ3v) is 4.09. The van der Waals surface area contributed by atoms with Crippen LogP contribution in [-0.4, -0.2) is 62.6 Å². The summed E-state index contributed by atoms with van der Waals surface area (Å²) in [4.78, 5) is 36.5. The van der Waals surface area contributed by atoms with Crippen LogP contribution < -0.4 is 0 Å². The average molecular weight is 419 g/mol. The molecule has 1 aliphatic rings. The summed E-state index contributed by atoms with van der Waals surface area (Å²) >= 11 is 0. The minimum absolute atomic E-state index is 0.0865. The van der Waals surface area contributed by atoms with E-state index in [0.29, 0.717) is 41.5 Å². The normalized spacial score (nSPS) is 16.8. The number of rotatable bonds is 12. The van der Waals surface area contributed by atoms with Gasteiger partial charge in [-0.25, -0.2) is 4.79 Å². The zero-order valence-corrected chi connectivity index (χ0v) is 17.4. The van der Waals surface area contributed by atoms with Crippen LogP contribution in [-0.2, 0) is 33.6 Å². The molecule has 1 aromatic carbocycles. The highest BCUT2D eigenvalue weighted by molar-refractivity contribution is 6.08. The summed E-state index contributed by atoms with van der Waals surface area (Å²) in [6.07, 6.45) is 0.236. The predicted molar refractivity (Wildman–Crippen MR) is 109 cm³/mol. The number of epoxide rings is 1. The van der Waals surface area contributed by atoms with Crippen molar-refractivity contribution < 1.29 is 33.6 Å². The van der Waals surface area contributed by atoms with Gasteiger partial charge < -0.3 is 24.0 Å². The van der Waals surface area contributed by atoms with E-state index in [0.717, 1.165) is 5.56 Å². The second kappa shape index (κ2) is 11.8. The third kappa shape index (κ3) is 7.72. The lowest BCUT2D eigenvalue weighted by atomic mass is 9.98. The Morgan fingerprint density at radius 2 is 1.63 bits per heavy atom. The molecule has 0 radical (unpaired) electrons. The van der Waals surface area contributed by atoms with E-state index in [4.69, 9.17) is 19.1 Å². The Labute approximate surface area is 174 Å². The first kappa shape index (κ1) is 23.2. The van der Waals surface area contributed by atoms with Gasteiger partial charge in [-0.1, -0.05) is 15.5 Å². The van der Waals surface area contributed by atoms with E-state index >= 15 is 0 Å². The third-order valence-electron chi connectivity index (χ3n) is 4.09. The molecule has 0 N–H and O–H groups in total. The number of hydrogen-bond acceptors (Lipinski definition) is 10. The number of carbonyl (C=O) groups is 2. The van der Waals surface area contributed by atoms with E-state index in [9.17, 15) is 9.59 Å². The van der Waals surface area contributed by atoms with Crippen molar-refractivity contribution in [3.8, 4) is 0 Å². The lowest BCUT2D eigenvalue weighted by molar-refractivity contribution is -0.144. The zero-order valence-electron chi connectivity index (χ0n) is 17.4. The van der Waals surface area contributed by atoms with Crippen LogP contribution in [0.1, 0.15) is 43.9 Å². The number of carbonyl (C=O) groups excluding carboxylic acids is 2. The van der Waals surface area contributed by atoms with E-state index in [1.165, 1.54) is 7.11 Å². The molecule has 0 bridgehead atoms. The summed E-state index contributed by atoms with van der Waals surface area (Å²) < 4.78 is 10.3. The van der Waals surface area contributed by atoms with Crippen molar-refractivity contribution in [2.24, 2.45) is 15.5 Å². The summed E-state index contributed by atoms with van der Waals surface area (Å²) in [7, 11) is 1.45. The number of hydrogen-bond donors (Lipinski definition) is 0. The lowest BCUT2D eigenvalue weighted by Crippen LogP contribution is -2.10. The van der Waals surface area contributed by atoms with Gasteiger partial charge in [-0.15, -0.1) is 0 Å². The molecule has 162 valence electrons. The van der Waals surface area contributed by atoms with E-state index < -0.39 is 5.97 Å². The minimum Gasteiger partial charge on any atom is -0.399 e. The standard InChI is InChI=1S/C20H25N3O7/c1-13(21-26-4)16-7-17(14(2)22-29-12-24)9-18(8-16)15(3)23-30-20(25)5-6-27-10-19-11-28-19/h7-9,12,19H,5-6,10-11H2,1-4H3/b21-13+,22-14+,23-15-. The van der Waals surface area contributed by atoms with Crippen LogP contribution >= 0.6 is 0 Å². The fraction of sp³-hybridized carbons (Fsp3) is 0.450. The van der Waals surface area contributed by atoms with Crippen LogP contribution in [0.25, 0.3) is 0 Å². The highest BCUT2D eigenvalue weighted by Gasteiger charge is 2.22. The van der Waals surface area contributed by atoms with Gasteiger partial charge in [0.2, 0.25) is 0 Å². The smallest absolute Gasteiger partial charge is 0.337 e. The summed E-state index contributed by atoms with van der Waals surface area (Å²) in [5.41, 5.74) is 3.63. The lowest BCUT2D eigenvalue weighted by Gasteiger charge is -2.09. The Kier molecular flexibility index (Phi) is 9.10. The Morgan fingerprint density at radius 3 is 2.17 bits per heavy atom. The molecule has 0 spiro atoms. The number of nitrogens with zero attached hydrogens (tertiary/aromatic N) is 3. The van der Waals surface area contributed by atoms with Crippen molar-refractivity contribution in [2.75, 3.05) is 26.9 Å². The van der Waals surface area contributed by atoms with Gasteiger partial charge in [-0.05, 0) is 39.0 Å². The molecule has 1 unspecified atom stereocenters. The van der Waals surface area contributed by atoms with E-state index in [2.05, 4.69) is 20.3 Å². The Bertz CT molecular complexity index is 845. The summed E-state index contributed by atoms with van der Waals surface area (Å²) in [6.45, 7) is 6.82. The Hall–Kier alpha value is -3.11. The van der Waals surface area contributed by atoms with E-state index in [1.807, 2.05) is 12.1 Å². The van der Waals surface area contributed by atoms with Crippen LogP contribution in [0, 0.1) is 0 Å². The quantitative estimate of drug-likeness (QED) is 0.127. The average Bonchev–Trinajstić information content (AvgIpc) is 3.57. The number of oxime groups is 3.